The van der Waals surface area contributed by atoms with Crippen LogP contribution in [0.5, 0.6) is 0 Å². The molecule has 0 bridgehead atoms. The van der Waals surface area contributed by atoms with Crippen LogP contribution in [-0.2, 0) is 16.0 Å². The fraction of sp³-hybridized carbons (Fsp3) is 0.467. The van der Waals surface area contributed by atoms with E-state index in [1.807, 2.05) is 6.92 Å². The van der Waals surface area contributed by atoms with Crippen molar-refractivity contribution in [1.82, 2.24) is 0 Å². The van der Waals surface area contributed by atoms with Crippen molar-refractivity contribution in [3.63, 3.8) is 0 Å². The van der Waals surface area contributed by atoms with Gasteiger partial charge in [0.1, 0.15) is 13.8 Å². The van der Waals surface area contributed by atoms with E-state index in [0.29, 0.717) is 22.4 Å². The molecule has 1 aromatic carbocycles. The lowest BCUT2D eigenvalue weighted by Gasteiger charge is -2.17. The molecule has 0 aromatic heterocycles. The van der Waals surface area contributed by atoms with E-state index in [4.69, 9.17) is 5.73 Å². The zero-order valence-corrected chi connectivity index (χ0v) is 15.2. The Morgan fingerprint density at radius 1 is 1.10 bits per heavy atom. The summed E-state index contributed by atoms with van der Waals surface area (Å²) in [6.07, 6.45) is 0. The minimum atomic E-state index is -4.61. The predicted molar refractivity (Wildman–Crippen MR) is 89.0 cm³/mol. The van der Waals surface area contributed by atoms with Gasteiger partial charge in [-0.1, -0.05) is 25.6 Å². The Morgan fingerprint density at radius 2 is 1.62 bits per heavy atom. The number of halogens is 1. The molecule has 0 aliphatic carbocycles. The molecule has 2 N–H and O–H groups in total. The second-order valence-corrected chi connectivity index (χ2v) is 12.4. The van der Waals surface area contributed by atoms with Gasteiger partial charge in [-0.2, -0.15) is 8.42 Å². The van der Waals surface area contributed by atoms with E-state index in [1.165, 1.54) is 0 Å². The highest BCUT2D eigenvalue weighted by Crippen LogP contribution is 2.30. The van der Waals surface area contributed by atoms with E-state index < -0.39 is 24.0 Å². The van der Waals surface area contributed by atoms with Crippen LogP contribution in [0.15, 0.2) is 0 Å². The van der Waals surface area contributed by atoms with Crippen LogP contribution in [0, 0.1) is 32.2 Å². The monoisotopic (exact) mass is 327 g/mol. The first-order valence-corrected chi connectivity index (χ1v) is 11.7. The Kier molecular flexibility index (Phi) is 4.91. The van der Waals surface area contributed by atoms with Crippen LogP contribution in [-0.4, -0.2) is 16.5 Å². The highest BCUT2D eigenvalue weighted by Gasteiger charge is 2.19. The first kappa shape index (κ1) is 17.7. The predicted octanol–water partition coefficient (Wildman–Crippen LogP) is 3.22. The minimum absolute atomic E-state index is 0.417. The van der Waals surface area contributed by atoms with Crippen LogP contribution >= 0.6 is 0 Å². The molecule has 21 heavy (non-hydrogen) atoms. The number of rotatable bonds is 2. The fourth-order valence-corrected chi connectivity index (χ4v) is 3.40. The molecule has 0 atom stereocenters. The summed E-state index contributed by atoms with van der Waals surface area (Å²) < 4.78 is 35.1. The Morgan fingerprint density at radius 3 is 2.05 bits per heavy atom. The smallest absolute Gasteiger partial charge is 0.306 e. The number of anilines is 1. The molecule has 116 valence electrons. The van der Waals surface area contributed by atoms with Crippen LogP contribution in [0.4, 0.5) is 9.57 Å². The van der Waals surface area contributed by atoms with Crippen molar-refractivity contribution in [2.45, 2.75) is 46.2 Å². The molecule has 1 rings (SSSR count). The zero-order valence-electron chi connectivity index (χ0n) is 13.4. The average molecular weight is 327 g/mol. The average Bonchev–Trinajstić information content (AvgIpc) is 2.29. The summed E-state index contributed by atoms with van der Waals surface area (Å²) in [5.41, 5.74) is 13.1. The maximum Gasteiger partial charge on any atom is 0.306 e. The van der Waals surface area contributed by atoms with Crippen molar-refractivity contribution in [3.8, 4) is 11.5 Å². The van der Waals surface area contributed by atoms with Crippen molar-refractivity contribution < 1.29 is 12.3 Å². The first-order valence-electron chi connectivity index (χ1n) is 6.67. The Hall–Kier alpha value is -1.32. The van der Waals surface area contributed by atoms with E-state index in [-0.39, 0.29) is 0 Å². The normalized spacial score (nSPS) is 12.0. The molecule has 0 amide bonds. The van der Waals surface area contributed by atoms with Crippen molar-refractivity contribution in [1.29, 1.82) is 0 Å². The van der Waals surface area contributed by atoms with Crippen LogP contribution < -0.4 is 5.73 Å². The van der Waals surface area contributed by atoms with E-state index in [2.05, 4.69) is 31.1 Å². The second kappa shape index (κ2) is 5.82. The summed E-state index contributed by atoms with van der Waals surface area (Å²) in [4.78, 5) is 0. The maximum atomic E-state index is 13.1. The summed E-state index contributed by atoms with van der Waals surface area (Å²) in [6, 6.07) is 0. The summed E-state index contributed by atoms with van der Waals surface area (Å²) in [5, 5.41) is 0. The standard InChI is InChI=1S/C15H22FNO2SSi/c1-10-13(7-8-21(4,5)6)11(2)15(17)12(3)14(10)9-20(16,18)19/h9,17H2,1-6H3. The number of benzene rings is 1. The second-order valence-electron chi connectivity index (χ2n) is 6.33. The minimum Gasteiger partial charge on any atom is -0.398 e. The molecule has 0 radical (unpaired) electrons. The molecule has 0 saturated heterocycles. The maximum absolute atomic E-state index is 13.1. The van der Waals surface area contributed by atoms with Crippen LogP contribution in [0.1, 0.15) is 27.8 Å². The SMILES string of the molecule is Cc1c(N)c(C)c(CS(=O)(=O)F)c(C)c1C#C[Si](C)(C)C. The van der Waals surface area contributed by atoms with Gasteiger partial charge in [-0.25, -0.2) is 0 Å². The molecule has 3 nitrogen and oxygen atoms in total. The third kappa shape index (κ3) is 4.58. The van der Waals surface area contributed by atoms with Crippen LogP contribution in [0.2, 0.25) is 19.6 Å². The quantitative estimate of drug-likeness (QED) is 0.393. The van der Waals surface area contributed by atoms with Crippen molar-refractivity contribution in [2.75, 3.05) is 5.73 Å². The van der Waals surface area contributed by atoms with E-state index in [0.717, 1.165) is 11.1 Å². The van der Waals surface area contributed by atoms with Gasteiger partial charge in [-0.3, -0.25) is 0 Å². The van der Waals surface area contributed by atoms with Crippen LogP contribution in [0.25, 0.3) is 0 Å². The molecule has 6 heteroatoms. The van der Waals surface area contributed by atoms with Gasteiger partial charge in [0, 0.05) is 11.3 Å². The number of nitrogen functional groups attached to an aromatic ring is 1. The molecule has 0 unspecified atom stereocenters. The summed E-state index contributed by atoms with van der Waals surface area (Å²) in [6.45, 7) is 11.7. The van der Waals surface area contributed by atoms with Crippen molar-refractivity contribution >= 4 is 24.0 Å². The van der Waals surface area contributed by atoms with Gasteiger partial charge in [-0.05, 0) is 43.0 Å². The molecule has 0 saturated carbocycles. The van der Waals surface area contributed by atoms with Gasteiger partial charge in [-0.15, -0.1) is 9.43 Å². The summed E-state index contributed by atoms with van der Waals surface area (Å²) in [5.74, 6) is 2.47. The van der Waals surface area contributed by atoms with Gasteiger partial charge in [0.05, 0.1) is 0 Å². The third-order valence-electron chi connectivity index (χ3n) is 3.34. The Labute approximate surface area is 128 Å². The lowest BCUT2D eigenvalue weighted by molar-refractivity contribution is 0.551. The van der Waals surface area contributed by atoms with E-state index in [9.17, 15) is 12.3 Å². The van der Waals surface area contributed by atoms with Crippen LogP contribution in [0.3, 0.4) is 0 Å². The molecule has 0 heterocycles. The molecule has 0 fully saturated rings. The molecule has 0 aliphatic heterocycles. The fourth-order valence-electron chi connectivity index (χ4n) is 2.12. The van der Waals surface area contributed by atoms with Gasteiger partial charge in [0.25, 0.3) is 0 Å². The van der Waals surface area contributed by atoms with E-state index >= 15 is 0 Å². The number of hydrogen-bond donors (Lipinski definition) is 1. The van der Waals surface area contributed by atoms with E-state index in [1.54, 1.807) is 13.8 Å². The first-order chi connectivity index (χ1) is 9.33. The zero-order chi connectivity index (χ0) is 16.6. The summed E-state index contributed by atoms with van der Waals surface area (Å²) in [7, 11) is -6.18. The highest BCUT2D eigenvalue weighted by atomic mass is 32.3. The van der Waals surface area contributed by atoms with Crippen molar-refractivity contribution in [2.24, 2.45) is 0 Å². The number of hydrogen-bond acceptors (Lipinski definition) is 3. The topological polar surface area (TPSA) is 60.2 Å². The molecule has 0 spiro atoms. The molecule has 0 aliphatic rings. The lowest BCUT2D eigenvalue weighted by atomic mass is 9.92. The number of nitrogens with two attached hydrogens (primary N) is 1. The Balaban J connectivity index is 3.63. The highest BCUT2D eigenvalue weighted by molar-refractivity contribution is 7.85. The van der Waals surface area contributed by atoms with Crippen molar-refractivity contribution in [3.05, 3.63) is 27.8 Å². The molecule has 1 aromatic rings. The van der Waals surface area contributed by atoms with Gasteiger partial charge >= 0.3 is 10.2 Å². The van der Waals surface area contributed by atoms with Gasteiger partial charge in [0.2, 0.25) is 0 Å². The summed E-state index contributed by atoms with van der Waals surface area (Å²) >= 11 is 0. The van der Waals surface area contributed by atoms with Gasteiger partial charge < -0.3 is 5.73 Å². The Bertz CT molecular complexity index is 738. The van der Waals surface area contributed by atoms with Gasteiger partial charge in [0.15, 0.2) is 0 Å². The molecular weight excluding hydrogens is 305 g/mol. The largest absolute Gasteiger partial charge is 0.398 e. The molecular formula is C15H22FNO2SSi. The lowest BCUT2D eigenvalue weighted by Crippen LogP contribution is -2.16. The third-order valence-corrected chi connectivity index (χ3v) is 4.85.